The smallest absolute Gasteiger partial charge is 0.418 e. The van der Waals surface area contributed by atoms with E-state index >= 15 is 0 Å². The first-order valence-corrected chi connectivity index (χ1v) is 6.47. The zero-order chi connectivity index (χ0) is 12.0. The minimum absolute atomic E-state index is 0.107. The van der Waals surface area contributed by atoms with Gasteiger partial charge in [-0.2, -0.15) is 13.2 Å². The Bertz CT molecular complexity index is 387. The fraction of sp³-hybridized carbons (Fsp3) is 0.143. The predicted molar refractivity (Wildman–Crippen MR) is 63.9 cm³/mol. The number of alkyl halides is 3. The summed E-state index contributed by atoms with van der Waals surface area (Å²) in [6.07, 6.45) is -4.56. The van der Waals surface area contributed by atoms with Gasteiger partial charge in [0.15, 0.2) is 0 Å². The molecule has 0 radical (unpaired) electrons. The van der Waals surface area contributed by atoms with Crippen molar-refractivity contribution in [2.75, 3.05) is 0 Å². The molecule has 15 heavy (non-hydrogen) atoms. The molecule has 0 spiro atoms. The van der Waals surface area contributed by atoms with Crippen molar-refractivity contribution in [2.45, 2.75) is 6.18 Å². The van der Waals surface area contributed by atoms with Crippen LogP contribution in [0.4, 0.5) is 13.2 Å². The Morgan fingerprint density at radius 2 is 1.27 bits per heavy atom. The molecule has 1 aromatic rings. The summed E-state index contributed by atoms with van der Waals surface area (Å²) in [5.74, 6) is -0.502. The second-order valence-corrected chi connectivity index (χ2v) is 5.65. The summed E-state index contributed by atoms with van der Waals surface area (Å²) in [6, 6.07) is 0. The minimum atomic E-state index is -4.56. The van der Waals surface area contributed by atoms with Crippen molar-refractivity contribution in [3.05, 3.63) is 23.5 Å². The molecule has 1 N–H and O–H groups in total. The Hall–Kier alpha value is 0.730. The lowest BCUT2D eigenvalue weighted by atomic mass is 10.2. The van der Waals surface area contributed by atoms with Gasteiger partial charge in [0.1, 0.15) is 5.75 Å². The average molecular weight is 478 g/mol. The van der Waals surface area contributed by atoms with Crippen LogP contribution in [0, 0.1) is 0 Å². The molecule has 84 valence electrons. The molecule has 1 nitrogen and oxygen atoms in total. The van der Waals surface area contributed by atoms with Gasteiger partial charge in [0, 0.05) is 4.47 Å². The van der Waals surface area contributed by atoms with Gasteiger partial charge in [-0.05, 0) is 63.7 Å². The average Bonchev–Trinajstić information content (AvgIpc) is 2.09. The molecular weight excluding hydrogens is 477 g/mol. The number of hydrogen-bond acceptors (Lipinski definition) is 1. The van der Waals surface area contributed by atoms with Crippen LogP contribution >= 0.6 is 63.7 Å². The van der Waals surface area contributed by atoms with Crippen LogP contribution in [0.3, 0.4) is 0 Å². The molecular formula is C7HBr4F3O. The van der Waals surface area contributed by atoms with Gasteiger partial charge in [-0.15, -0.1) is 0 Å². The van der Waals surface area contributed by atoms with Crippen molar-refractivity contribution in [1.82, 2.24) is 0 Å². The van der Waals surface area contributed by atoms with Crippen LogP contribution in [-0.2, 0) is 6.18 Å². The van der Waals surface area contributed by atoms with Crippen LogP contribution in [-0.4, -0.2) is 5.11 Å². The van der Waals surface area contributed by atoms with Crippen LogP contribution in [0.15, 0.2) is 17.9 Å². The van der Waals surface area contributed by atoms with Gasteiger partial charge < -0.3 is 5.11 Å². The van der Waals surface area contributed by atoms with E-state index in [2.05, 4.69) is 63.7 Å². The third-order valence-corrected chi connectivity index (χ3v) is 5.72. The zero-order valence-electron chi connectivity index (χ0n) is 6.59. The van der Waals surface area contributed by atoms with Crippen LogP contribution in [0.25, 0.3) is 0 Å². The minimum Gasteiger partial charge on any atom is -0.506 e. The van der Waals surface area contributed by atoms with E-state index in [1.165, 1.54) is 0 Å². The second-order valence-electron chi connectivity index (χ2n) is 2.48. The zero-order valence-corrected chi connectivity index (χ0v) is 12.9. The number of benzene rings is 1. The molecule has 0 amide bonds. The molecule has 1 rings (SSSR count). The highest BCUT2D eigenvalue weighted by Gasteiger charge is 2.38. The van der Waals surface area contributed by atoms with Crippen LogP contribution in [0.1, 0.15) is 5.56 Å². The van der Waals surface area contributed by atoms with E-state index in [-0.39, 0.29) is 13.4 Å². The number of phenolic OH excluding ortho intramolecular Hbond substituents is 1. The van der Waals surface area contributed by atoms with Crippen molar-refractivity contribution in [3.63, 3.8) is 0 Å². The molecule has 0 unspecified atom stereocenters. The Kier molecular flexibility index (Phi) is 4.18. The third kappa shape index (κ3) is 2.53. The lowest BCUT2D eigenvalue weighted by molar-refractivity contribution is -0.139. The Morgan fingerprint density at radius 3 is 1.67 bits per heavy atom. The third-order valence-electron chi connectivity index (χ3n) is 1.52. The number of aromatic hydroxyl groups is 1. The highest BCUT2D eigenvalue weighted by molar-refractivity contribution is 9.14. The molecule has 0 fully saturated rings. The van der Waals surface area contributed by atoms with E-state index in [1.54, 1.807) is 0 Å². The Labute approximate surface area is 117 Å². The van der Waals surface area contributed by atoms with Gasteiger partial charge in [-0.25, -0.2) is 0 Å². The van der Waals surface area contributed by atoms with Crippen LogP contribution in [0.5, 0.6) is 5.75 Å². The first-order valence-electron chi connectivity index (χ1n) is 3.30. The molecule has 0 saturated carbocycles. The molecule has 0 bridgehead atoms. The molecule has 0 aliphatic heterocycles. The standard InChI is InChI=1S/C7HBr4F3O/c8-2-1(7(12,13)14)3(9)6(15)5(11)4(2)10/h15H. The lowest BCUT2D eigenvalue weighted by Crippen LogP contribution is -2.08. The summed E-state index contributed by atoms with van der Waals surface area (Å²) in [6.45, 7) is 0. The first-order chi connectivity index (χ1) is 6.68. The molecule has 0 aromatic heterocycles. The second kappa shape index (κ2) is 4.54. The maximum Gasteiger partial charge on any atom is 0.418 e. The number of halogens is 7. The van der Waals surface area contributed by atoms with E-state index in [0.29, 0.717) is 0 Å². The summed E-state index contributed by atoms with van der Waals surface area (Å²) in [7, 11) is 0. The van der Waals surface area contributed by atoms with E-state index in [1.807, 2.05) is 0 Å². The molecule has 0 aliphatic carbocycles. The van der Waals surface area contributed by atoms with Crippen molar-refractivity contribution >= 4 is 63.7 Å². The number of phenols is 1. The monoisotopic (exact) mass is 474 g/mol. The first kappa shape index (κ1) is 13.8. The molecule has 0 aliphatic rings. The van der Waals surface area contributed by atoms with Crippen molar-refractivity contribution < 1.29 is 18.3 Å². The van der Waals surface area contributed by atoms with Crippen molar-refractivity contribution in [2.24, 2.45) is 0 Å². The summed E-state index contributed by atoms with van der Waals surface area (Å²) >= 11 is 11.4. The SMILES string of the molecule is Oc1c(Br)c(Br)c(Br)c(C(F)(F)F)c1Br. The topological polar surface area (TPSA) is 20.2 Å². The molecule has 1 aromatic carbocycles. The van der Waals surface area contributed by atoms with Gasteiger partial charge in [0.25, 0.3) is 0 Å². The van der Waals surface area contributed by atoms with E-state index < -0.39 is 22.0 Å². The van der Waals surface area contributed by atoms with Gasteiger partial charge in [-0.3, -0.25) is 0 Å². The van der Waals surface area contributed by atoms with E-state index in [4.69, 9.17) is 0 Å². The van der Waals surface area contributed by atoms with E-state index in [9.17, 15) is 18.3 Å². The number of rotatable bonds is 0. The van der Waals surface area contributed by atoms with Gasteiger partial charge in [0.2, 0.25) is 0 Å². The van der Waals surface area contributed by atoms with Gasteiger partial charge in [0.05, 0.1) is 19.0 Å². The number of hydrogen-bond donors (Lipinski definition) is 1. The fourth-order valence-corrected chi connectivity index (χ4v) is 3.69. The predicted octanol–water partition coefficient (Wildman–Crippen LogP) is 5.46. The highest BCUT2D eigenvalue weighted by Crippen LogP contribution is 2.50. The Morgan fingerprint density at radius 1 is 0.800 bits per heavy atom. The van der Waals surface area contributed by atoms with Gasteiger partial charge >= 0.3 is 6.18 Å². The van der Waals surface area contributed by atoms with Crippen LogP contribution < -0.4 is 0 Å². The normalized spacial score (nSPS) is 11.9. The quantitative estimate of drug-likeness (QED) is 0.389. The highest BCUT2D eigenvalue weighted by atomic mass is 79.9. The summed E-state index contributed by atoms with van der Waals surface area (Å²) < 4.78 is 37.5. The summed E-state index contributed by atoms with van der Waals surface area (Å²) in [4.78, 5) is 0. The maximum atomic E-state index is 12.6. The summed E-state index contributed by atoms with van der Waals surface area (Å²) in [5, 5.41) is 9.41. The molecule has 0 atom stereocenters. The van der Waals surface area contributed by atoms with Crippen LogP contribution in [0.2, 0.25) is 0 Å². The molecule has 0 saturated heterocycles. The fourth-order valence-electron chi connectivity index (χ4n) is 0.870. The Balaban J connectivity index is 3.68. The molecule has 8 heteroatoms. The largest absolute Gasteiger partial charge is 0.506 e. The maximum absolute atomic E-state index is 12.6. The lowest BCUT2D eigenvalue weighted by Gasteiger charge is -2.15. The summed E-state index contributed by atoms with van der Waals surface area (Å²) in [5.41, 5.74) is -0.963. The van der Waals surface area contributed by atoms with E-state index in [0.717, 1.165) is 0 Å². The molecule has 0 heterocycles. The van der Waals surface area contributed by atoms with Gasteiger partial charge in [-0.1, -0.05) is 0 Å². The van der Waals surface area contributed by atoms with Crippen molar-refractivity contribution in [1.29, 1.82) is 0 Å². The van der Waals surface area contributed by atoms with Crippen molar-refractivity contribution in [3.8, 4) is 5.75 Å².